The van der Waals surface area contributed by atoms with E-state index in [9.17, 15) is 9.59 Å². The minimum atomic E-state index is -0.250. The molecule has 0 unspecified atom stereocenters. The summed E-state index contributed by atoms with van der Waals surface area (Å²) in [6.07, 6.45) is 3.03. The Morgan fingerprint density at radius 2 is 1.82 bits per heavy atom. The average molecular weight is 636 g/mol. The Kier molecular flexibility index (Phi) is 16.2. The molecule has 0 heterocycles. The minimum absolute atomic E-state index is 0. The van der Waals surface area contributed by atoms with Gasteiger partial charge in [0, 0.05) is 19.7 Å². The van der Waals surface area contributed by atoms with Crippen LogP contribution in [0, 0.1) is 0 Å². The second-order valence-corrected chi connectivity index (χ2v) is 6.61. The van der Waals surface area contributed by atoms with Gasteiger partial charge in [0.2, 0.25) is 6.41 Å². The number of ether oxygens (including phenoxy) is 1. The van der Waals surface area contributed by atoms with Crippen molar-refractivity contribution < 1.29 is 24.2 Å². The Hall–Kier alpha value is -3.67. The van der Waals surface area contributed by atoms with Crippen LogP contribution in [-0.2, 0) is 19.1 Å². The van der Waals surface area contributed by atoms with E-state index in [4.69, 9.17) is 14.6 Å². The van der Waals surface area contributed by atoms with Crippen molar-refractivity contribution in [1.82, 2.24) is 5.32 Å². The number of rotatable bonds is 7. The summed E-state index contributed by atoms with van der Waals surface area (Å²) in [5.41, 5.74) is 2.63. The van der Waals surface area contributed by atoms with Gasteiger partial charge in [-0.3, -0.25) is 9.59 Å². The van der Waals surface area contributed by atoms with Crippen molar-refractivity contribution in [3.8, 4) is 0 Å². The fourth-order valence-electron chi connectivity index (χ4n) is 1.77. The Bertz CT molecular complexity index is 588. The van der Waals surface area contributed by atoms with Gasteiger partial charge in [0.15, 0.2) is 0 Å². The first-order valence-corrected chi connectivity index (χ1v) is 8.28. The predicted molar refractivity (Wildman–Crippen MR) is 108 cm³/mol. The van der Waals surface area contributed by atoms with Gasteiger partial charge in [-0.2, -0.15) is 6.41 Å². The zero-order valence-corrected chi connectivity index (χ0v) is 19.7. The average Bonchev–Trinajstić information content (AvgIpc) is 2.61. The summed E-state index contributed by atoms with van der Waals surface area (Å²) >= 11 is 0. The number of carbonyl (C=O) groups is 2. The van der Waals surface area contributed by atoms with Gasteiger partial charge in [0.25, 0.3) is 6.47 Å². The normalized spacial score (nSPS) is 10.4. The Labute approximate surface area is 162 Å². The fourth-order valence-corrected chi connectivity index (χ4v) is 1.77. The Balaban J connectivity index is -0.000000527. The second kappa shape index (κ2) is 15.6. The van der Waals surface area contributed by atoms with Gasteiger partial charge >= 0.3 is 0 Å². The molecule has 8 heteroatoms. The molecule has 0 fully saturated rings. The number of benzene rings is 1. The number of nitrogens with one attached hydrogen (secondary N) is 1. The van der Waals surface area contributed by atoms with E-state index in [2.05, 4.69) is 11.9 Å². The summed E-state index contributed by atoms with van der Waals surface area (Å²) in [5, 5.41) is 9.45. The largest absolute Gasteiger partial charge is 0.527 e. The van der Waals surface area contributed by atoms with Crippen molar-refractivity contribution in [3.05, 3.63) is 36.4 Å². The van der Waals surface area contributed by atoms with Gasteiger partial charge in [-0.25, -0.2) is 0 Å². The smallest absolute Gasteiger partial charge is 0.290 e. The summed E-state index contributed by atoms with van der Waals surface area (Å²) in [5.74, 6) is 0. The predicted octanol–water partition coefficient (Wildman–Crippen LogP) is 2.86. The molecule has 0 radical (unpaired) electrons. The first-order chi connectivity index (χ1) is 12.6. The molecule has 0 bridgehead atoms. The number of amides is 2. The molecule has 0 aliphatic rings. The summed E-state index contributed by atoms with van der Waals surface area (Å²) < 4.78 is 4.94. The monoisotopic (exact) mass is 636 g/mol. The number of hydrogen-bond donors (Lipinski definition) is 2. The molecule has 1 aromatic rings. The molecule has 0 spiro atoms. The quantitative estimate of drug-likeness (QED) is 0.273. The number of hydrogen-bond acceptors (Lipinski definition) is 4. The second-order valence-electron chi connectivity index (χ2n) is 6.61. The SMILES string of the molecule is C=C(C[C@@H](C)N[C-]=O)c1ccccc1N(C)C=O.COC(C)(C)C.O=CO.[Fm]. The molecule has 1 rings (SSSR count). The third-order valence-corrected chi connectivity index (χ3v) is 3.29. The van der Waals surface area contributed by atoms with Crippen molar-refractivity contribution in [2.45, 2.75) is 45.8 Å². The van der Waals surface area contributed by atoms with Crippen LogP contribution < -0.4 is 10.2 Å². The molecule has 1 aromatic carbocycles. The van der Waals surface area contributed by atoms with E-state index >= 15 is 0 Å². The van der Waals surface area contributed by atoms with Crippen LogP contribution in [-0.4, -0.2) is 50.2 Å². The number of methoxy groups -OCH3 is 1. The van der Waals surface area contributed by atoms with E-state index in [0.29, 0.717) is 6.42 Å². The van der Waals surface area contributed by atoms with Crippen molar-refractivity contribution in [2.24, 2.45) is 0 Å². The molecule has 0 aromatic heterocycles. The Morgan fingerprint density at radius 1 is 1.36 bits per heavy atom. The van der Waals surface area contributed by atoms with Crippen LogP contribution in [0.1, 0.15) is 39.7 Å². The molecule has 28 heavy (non-hydrogen) atoms. The van der Waals surface area contributed by atoms with Gasteiger partial charge in [-0.05, 0) is 51.8 Å². The number of carboxylic acid groups (broad SMARTS) is 1. The molecule has 164 valence electrons. The summed E-state index contributed by atoms with van der Waals surface area (Å²) in [6.45, 7) is 11.7. The molecule has 2 amide bonds. The maximum atomic E-state index is 10.8. The van der Waals surface area contributed by atoms with E-state index in [1.165, 1.54) is 4.90 Å². The number of nitrogens with zero attached hydrogens (tertiary/aromatic N) is 1. The first kappa shape index (κ1) is 29.1. The zero-order valence-electron chi connectivity index (χ0n) is 17.3. The Morgan fingerprint density at radius 3 is 2.21 bits per heavy atom. The summed E-state index contributed by atoms with van der Waals surface area (Å²) in [7, 11) is 3.40. The van der Waals surface area contributed by atoms with Crippen LogP contribution in [0.5, 0.6) is 0 Å². The van der Waals surface area contributed by atoms with Gasteiger partial charge < -0.3 is 24.9 Å². The van der Waals surface area contributed by atoms with Crippen molar-refractivity contribution >= 4 is 30.6 Å². The van der Waals surface area contributed by atoms with E-state index in [-0.39, 0.29) is 18.1 Å². The van der Waals surface area contributed by atoms with Gasteiger partial charge in [-0.1, -0.05) is 24.8 Å². The molecule has 0 saturated carbocycles. The molecular formula is C20H31FmN2O5-. The van der Waals surface area contributed by atoms with Crippen LogP contribution >= 0.6 is 0 Å². The van der Waals surface area contributed by atoms with Crippen LogP contribution in [0.15, 0.2) is 30.8 Å². The van der Waals surface area contributed by atoms with Gasteiger partial charge in [-0.15, -0.1) is 0 Å². The van der Waals surface area contributed by atoms with Gasteiger partial charge in [0.05, 0.1) is 11.3 Å². The van der Waals surface area contributed by atoms with Crippen LogP contribution in [0.2, 0.25) is 0 Å². The first-order valence-electron chi connectivity index (χ1n) is 8.28. The van der Waals surface area contributed by atoms with Crippen LogP contribution in [0.3, 0.4) is 0 Å². The van der Waals surface area contributed by atoms with E-state index in [1.54, 1.807) is 20.6 Å². The fraction of sp³-hybridized carbons (Fsp3) is 0.450. The standard InChI is InChI=1S/C14H17N2O2.C5H12O.CH2O2.Fm/c1-11(8-12(2)15-9-17)13-6-4-5-7-14(13)16(3)10-18;1-5(2,3)6-4;2-1-3;/h4-7,10,12H,1,8H2,2-3H3,(H,15,17);1-4H3;1H,(H,2,3);/q-1;;;/t12-;;;/m1.../s1. The van der Waals surface area contributed by atoms with Gasteiger partial charge in [0.1, 0.15) is 0 Å². The number of carbonyl (C=O) groups excluding carboxylic acids is 2. The molecular weight excluding hydrogens is 605 g/mol. The molecule has 0 saturated heterocycles. The molecule has 7 nitrogen and oxygen atoms in total. The van der Waals surface area contributed by atoms with E-state index in [0.717, 1.165) is 23.2 Å². The van der Waals surface area contributed by atoms with Crippen LogP contribution in [0.4, 0.5) is 5.69 Å². The maximum absolute atomic E-state index is 10.8. The number of para-hydroxylation sites is 1. The number of anilines is 1. The minimum Gasteiger partial charge on any atom is -0.527 e. The van der Waals surface area contributed by atoms with E-state index in [1.807, 2.05) is 52.0 Å². The molecule has 1 atom stereocenters. The molecule has 2 N–H and O–H groups in total. The van der Waals surface area contributed by atoms with Crippen molar-refractivity contribution in [3.63, 3.8) is 0 Å². The maximum Gasteiger partial charge on any atom is 0.290 e. The summed E-state index contributed by atoms with van der Waals surface area (Å²) in [6, 6.07) is 7.50. The summed E-state index contributed by atoms with van der Waals surface area (Å²) in [4.78, 5) is 30.9. The van der Waals surface area contributed by atoms with Crippen molar-refractivity contribution in [2.75, 3.05) is 19.1 Å². The molecule has 0 aliphatic heterocycles. The third-order valence-electron chi connectivity index (χ3n) is 3.29. The zero-order chi connectivity index (χ0) is 21.5. The third kappa shape index (κ3) is 13.6. The van der Waals surface area contributed by atoms with E-state index < -0.39 is 0 Å². The van der Waals surface area contributed by atoms with Crippen LogP contribution in [0.25, 0.3) is 5.57 Å². The molecule has 0 aliphatic carbocycles. The topological polar surface area (TPSA) is 95.9 Å². The van der Waals surface area contributed by atoms with Crippen molar-refractivity contribution in [1.29, 1.82) is 0 Å².